The Kier molecular flexibility index (Phi) is 7.25. The van der Waals surface area contributed by atoms with Crippen LogP contribution in [-0.4, -0.2) is 8.07 Å². The molecule has 0 spiro atoms. The van der Waals surface area contributed by atoms with Crippen LogP contribution in [0.15, 0.2) is 200 Å². The molecular formula is C51H39NSi. The smallest absolute Gasteiger partial charge is 0.113 e. The van der Waals surface area contributed by atoms with E-state index in [0.29, 0.717) is 0 Å². The van der Waals surface area contributed by atoms with Crippen LogP contribution in [0.5, 0.6) is 0 Å². The van der Waals surface area contributed by atoms with Crippen LogP contribution in [-0.2, 0) is 5.41 Å². The average molecular weight is 694 g/mol. The van der Waals surface area contributed by atoms with Gasteiger partial charge in [0.25, 0.3) is 0 Å². The highest BCUT2D eigenvalue weighted by Crippen LogP contribution is 2.56. The molecule has 0 saturated carbocycles. The predicted molar refractivity (Wildman–Crippen MR) is 226 cm³/mol. The molecule has 53 heavy (non-hydrogen) atoms. The number of hydrogen-bond donors (Lipinski definition) is 0. The third-order valence-corrected chi connectivity index (χ3v) is 15.3. The quantitative estimate of drug-likeness (QED) is 0.157. The minimum Gasteiger partial charge on any atom is -0.310 e. The maximum Gasteiger partial charge on any atom is 0.113 e. The van der Waals surface area contributed by atoms with Crippen molar-refractivity contribution in [3.63, 3.8) is 0 Å². The van der Waals surface area contributed by atoms with Crippen LogP contribution >= 0.6 is 0 Å². The minimum absolute atomic E-state index is 0.433. The Morgan fingerprint density at radius 1 is 0.377 bits per heavy atom. The Hall–Kier alpha value is -6.22. The molecule has 0 amide bonds. The van der Waals surface area contributed by atoms with Gasteiger partial charge in [-0.15, -0.1) is 0 Å². The van der Waals surface area contributed by atoms with Crippen molar-refractivity contribution in [1.82, 2.24) is 0 Å². The van der Waals surface area contributed by atoms with Gasteiger partial charge in [0.2, 0.25) is 0 Å². The summed E-state index contributed by atoms with van der Waals surface area (Å²) in [4.78, 5) is 2.48. The van der Waals surface area contributed by atoms with E-state index in [1.54, 1.807) is 0 Å². The van der Waals surface area contributed by atoms with Crippen LogP contribution in [0.4, 0.5) is 17.1 Å². The molecule has 8 aromatic rings. The van der Waals surface area contributed by atoms with E-state index < -0.39 is 13.5 Å². The summed E-state index contributed by atoms with van der Waals surface area (Å²) in [5, 5.41) is 3.02. The third kappa shape index (κ3) is 4.69. The molecule has 0 unspecified atom stereocenters. The highest BCUT2D eigenvalue weighted by Gasteiger charge is 2.46. The van der Waals surface area contributed by atoms with Gasteiger partial charge < -0.3 is 4.90 Å². The van der Waals surface area contributed by atoms with Gasteiger partial charge in [-0.25, -0.2) is 0 Å². The zero-order valence-corrected chi connectivity index (χ0v) is 31.0. The first-order valence-electron chi connectivity index (χ1n) is 18.6. The number of hydrogen-bond acceptors (Lipinski definition) is 1. The van der Waals surface area contributed by atoms with Crippen molar-refractivity contribution in [1.29, 1.82) is 0 Å². The standard InChI is InChI=1S/C51H39NSi/c1-53(2)48-26-14-11-22-44(48)50-47(25-15-27-49(50)53)52(40-32-28-37(29-33-40)36-16-5-3-6-17-36)41-34-30-39(31-35-41)51(38-18-7-4-8-19-38)45-23-12-9-20-42(45)43-21-10-13-24-46(43)51/h3-35H,1-2H3. The Morgan fingerprint density at radius 3 is 1.49 bits per heavy atom. The summed E-state index contributed by atoms with van der Waals surface area (Å²) in [7, 11) is -1.88. The molecule has 2 heteroatoms. The highest BCUT2D eigenvalue weighted by molar-refractivity contribution is 7.04. The summed E-state index contributed by atoms with van der Waals surface area (Å²) in [6.45, 7) is 4.99. The lowest BCUT2D eigenvalue weighted by molar-refractivity contribution is 0.768. The maximum atomic E-state index is 2.50. The van der Waals surface area contributed by atoms with Crippen LogP contribution in [0.3, 0.4) is 0 Å². The van der Waals surface area contributed by atoms with Crippen LogP contribution in [0.25, 0.3) is 33.4 Å². The van der Waals surface area contributed by atoms with Gasteiger partial charge in [-0.3, -0.25) is 0 Å². The monoisotopic (exact) mass is 693 g/mol. The van der Waals surface area contributed by atoms with Crippen molar-refractivity contribution in [2.45, 2.75) is 18.5 Å². The zero-order chi connectivity index (χ0) is 35.6. The zero-order valence-electron chi connectivity index (χ0n) is 30.0. The molecule has 10 rings (SSSR count). The fourth-order valence-corrected chi connectivity index (χ4v) is 12.4. The Bertz CT molecular complexity index is 2580. The van der Waals surface area contributed by atoms with E-state index in [1.807, 2.05) is 0 Å². The van der Waals surface area contributed by atoms with Crippen molar-refractivity contribution < 1.29 is 0 Å². The molecule has 0 bridgehead atoms. The van der Waals surface area contributed by atoms with E-state index in [9.17, 15) is 0 Å². The molecule has 0 atom stereocenters. The predicted octanol–water partition coefficient (Wildman–Crippen LogP) is 12.0. The van der Waals surface area contributed by atoms with E-state index in [4.69, 9.17) is 0 Å². The first-order chi connectivity index (χ1) is 26.1. The van der Waals surface area contributed by atoms with E-state index in [1.165, 1.54) is 71.7 Å². The largest absolute Gasteiger partial charge is 0.310 e. The fourth-order valence-electron chi connectivity index (χ4n) is 9.35. The number of benzene rings is 8. The summed E-state index contributed by atoms with van der Waals surface area (Å²) < 4.78 is 0. The minimum atomic E-state index is -1.88. The molecule has 1 heterocycles. The Morgan fingerprint density at radius 2 is 0.849 bits per heavy atom. The lowest BCUT2D eigenvalue weighted by Gasteiger charge is -2.34. The molecule has 252 valence electrons. The van der Waals surface area contributed by atoms with E-state index in [0.717, 1.165) is 11.4 Å². The number of anilines is 3. The molecule has 2 aliphatic rings. The summed E-state index contributed by atoms with van der Waals surface area (Å²) in [6, 6.07) is 74.3. The van der Waals surface area contributed by atoms with Gasteiger partial charge in [0.05, 0.1) is 11.1 Å². The molecule has 1 nitrogen and oxygen atoms in total. The molecule has 0 radical (unpaired) electrons. The van der Waals surface area contributed by atoms with Gasteiger partial charge in [-0.2, -0.15) is 0 Å². The van der Waals surface area contributed by atoms with Crippen molar-refractivity contribution >= 4 is 35.5 Å². The SMILES string of the molecule is C[Si]1(C)c2ccccc2-c2c(N(c3ccc(-c4ccccc4)cc3)c3ccc(C4(c5ccccc5)c5ccccc5-c5ccccc54)cc3)cccc21. The van der Waals surface area contributed by atoms with Gasteiger partial charge in [-0.1, -0.05) is 183 Å². The molecule has 1 aliphatic carbocycles. The topological polar surface area (TPSA) is 3.24 Å². The fraction of sp³-hybridized carbons (Fsp3) is 0.0588. The molecular weight excluding hydrogens is 655 g/mol. The Balaban J connectivity index is 1.18. The van der Waals surface area contributed by atoms with Crippen LogP contribution in [0, 0.1) is 0 Å². The van der Waals surface area contributed by atoms with Crippen molar-refractivity contribution in [2.75, 3.05) is 4.90 Å². The van der Waals surface area contributed by atoms with Crippen LogP contribution in [0.1, 0.15) is 22.3 Å². The van der Waals surface area contributed by atoms with Gasteiger partial charge >= 0.3 is 0 Å². The van der Waals surface area contributed by atoms with Gasteiger partial charge in [-0.05, 0) is 90.8 Å². The number of fused-ring (bicyclic) bond motifs is 6. The normalized spacial score (nSPS) is 14.2. The first kappa shape index (κ1) is 31.5. The molecule has 0 fully saturated rings. The molecule has 8 aromatic carbocycles. The summed E-state index contributed by atoms with van der Waals surface area (Å²) in [5.41, 5.74) is 16.1. The second kappa shape index (κ2) is 12.2. The third-order valence-electron chi connectivity index (χ3n) is 11.8. The molecule has 1 aliphatic heterocycles. The molecule has 0 N–H and O–H groups in total. The average Bonchev–Trinajstić information content (AvgIpc) is 3.66. The summed E-state index contributed by atoms with van der Waals surface area (Å²) in [6.07, 6.45) is 0. The van der Waals surface area contributed by atoms with Crippen molar-refractivity contribution in [3.8, 4) is 33.4 Å². The summed E-state index contributed by atoms with van der Waals surface area (Å²) >= 11 is 0. The van der Waals surface area contributed by atoms with E-state index in [2.05, 4.69) is 218 Å². The highest BCUT2D eigenvalue weighted by atomic mass is 28.3. The van der Waals surface area contributed by atoms with Crippen LogP contribution in [0.2, 0.25) is 13.1 Å². The first-order valence-corrected chi connectivity index (χ1v) is 21.6. The maximum absolute atomic E-state index is 2.50. The lowest BCUT2D eigenvalue weighted by Crippen LogP contribution is -2.49. The number of rotatable bonds is 6. The van der Waals surface area contributed by atoms with Crippen molar-refractivity contribution in [3.05, 3.63) is 222 Å². The molecule has 0 aromatic heterocycles. The Labute approximate surface area is 313 Å². The van der Waals surface area contributed by atoms with Gasteiger partial charge in [0.15, 0.2) is 0 Å². The lowest BCUT2D eigenvalue weighted by atomic mass is 9.68. The second-order valence-corrected chi connectivity index (χ2v) is 19.2. The van der Waals surface area contributed by atoms with Crippen LogP contribution < -0.4 is 15.3 Å². The second-order valence-electron chi connectivity index (χ2n) is 14.9. The summed E-state index contributed by atoms with van der Waals surface area (Å²) in [5.74, 6) is 0. The van der Waals surface area contributed by atoms with Gasteiger partial charge in [0, 0.05) is 16.9 Å². The molecule has 0 saturated heterocycles. The van der Waals surface area contributed by atoms with Crippen molar-refractivity contribution in [2.24, 2.45) is 0 Å². The number of nitrogens with zero attached hydrogens (tertiary/aromatic N) is 1. The van der Waals surface area contributed by atoms with E-state index >= 15 is 0 Å². The van der Waals surface area contributed by atoms with E-state index in [-0.39, 0.29) is 0 Å². The van der Waals surface area contributed by atoms with Gasteiger partial charge in [0.1, 0.15) is 8.07 Å².